The van der Waals surface area contributed by atoms with Gasteiger partial charge in [0, 0.05) is 17.3 Å². The molecule has 0 atom stereocenters. The zero-order chi connectivity index (χ0) is 22.6. The number of benzene rings is 2. The Morgan fingerprint density at radius 3 is 2.26 bits per heavy atom. The van der Waals surface area contributed by atoms with Gasteiger partial charge in [0.25, 0.3) is 5.91 Å². The molecule has 0 spiro atoms. The number of sulfonamides is 1. The molecule has 0 bridgehead atoms. The van der Waals surface area contributed by atoms with E-state index in [1.165, 1.54) is 25.3 Å². The first kappa shape index (κ1) is 23.1. The Labute approximate surface area is 178 Å². The first-order chi connectivity index (χ1) is 14.6. The summed E-state index contributed by atoms with van der Waals surface area (Å²) in [5.74, 6) is -0.564. The van der Waals surface area contributed by atoms with Crippen molar-refractivity contribution in [2.45, 2.75) is 49.2 Å². The van der Waals surface area contributed by atoms with Gasteiger partial charge in [-0.25, -0.2) is 13.1 Å². The van der Waals surface area contributed by atoms with Crippen LogP contribution in [0.25, 0.3) is 0 Å². The Hall–Kier alpha value is -2.59. The standard InChI is InChI=1S/C21H23F3N2O4S/c1-30-18-12-7-14(13-19(18)31(28,29)26-17-5-3-2-4-6-17)20(27)25-16-10-8-15(9-11-16)21(22,23)24/h7-13,17,26H,2-6H2,1H3,(H,25,27). The molecule has 10 heteroatoms. The zero-order valence-electron chi connectivity index (χ0n) is 16.8. The smallest absolute Gasteiger partial charge is 0.416 e. The van der Waals surface area contributed by atoms with Gasteiger partial charge in [0.05, 0.1) is 12.7 Å². The molecule has 0 radical (unpaired) electrons. The predicted octanol–water partition coefficient (Wildman–Crippen LogP) is 4.58. The van der Waals surface area contributed by atoms with E-state index in [0.29, 0.717) is 0 Å². The van der Waals surface area contributed by atoms with Crippen LogP contribution in [0.5, 0.6) is 5.75 Å². The fourth-order valence-corrected chi connectivity index (χ4v) is 4.98. The molecule has 1 fully saturated rings. The summed E-state index contributed by atoms with van der Waals surface area (Å²) in [6, 6.07) is 7.76. The van der Waals surface area contributed by atoms with Crippen molar-refractivity contribution >= 4 is 21.6 Å². The predicted molar refractivity (Wildman–Crippen MR) is 110 cm³/mol. The second-order valence-corrected chi connectivity index (χ2v) is 9.03. The van der Waals surface area contributed by atoms with Gasteiger partial charge in [-0.15, -0.1) is 0 Å². The summed E-state index contributed by atoms with van der Waals surface area (Å²) in [4.78, 5) is 12.4. The molecule has 31 heavy (non-hydrogen) atoms. The monoisotopic (exact) mass is 456 g/mol. The van der Waals surface area contributed by atoms with E-state index in [4.69, 9.17) is 4.74 Å². The van der Waals surface area contributed by atoms with Gasteiger partial charge >= 0.3 is 6.18 Å². The fraction of sp³-hybridized carbons (Fsp3) is 0.381. The average Bonchev–Trinajstić information content (AvgIpc) is 2.73. The molecule has 0 saturated heterocycles. The highest BCUT2D eigenvalue weighted by atomic mass is 32.2. The van der Waals surface area contributed by atoms with Crippen LogP contribution in [0.3, 0.4) is 0 Å². The van der Waals surface area contributed by atoms with Gasteiger partial charge in [-0.2, -0.15) is 13.2 Å². The third-order valence-electron chi connectivity index (χ3n) is 5.11. The van der Waals surface area contributed by atoms with Gasteiger partial charge < -0.3 is 10.1 Å². The van der Waals surface area contributed by atoms with Crippen LogP contribution >= 0.6 is 0 Å². The van der Waals surface area contributed by atoms with Gasteiger partial charge in [0.2, 0.25) is 10.0 Å². The van der Waals surface area contributed by atoms with Crippen LogP contribution < -0.4 is 14.8 Å². The number of rotatable bonds is 6. The lowest BCUT2D eigenvalue weighted by Gasteiger charge is -2.23. The maximum atomic E-state index is 12.9. The van der Waals surface area contributed by atoms with Crippen molar-refractivity contribution in [2.75, 3.05) is 12.4 Å². The highest BCUT2D eigenvalue weighted by molar-refractivity contribution is 7.89. The number of hydrogen-bond acceptors (Lipinski definition) is 4. The van der Waals surface area contributed by atoms with Crippen LogP contribution in [0.2, 0.25) is 0 Å². The minimum atomic E-state index is -4.48. The third-order valence-corrected chi connectivity index (χ3v) is 6.65. The van der Waals surface area contributed by atoms with E-state index in [9.17, 15) is 26.4 Å². The van der Waals surface area contributed by atoms with Gasteiger partial charge in [0.15, 0.2) is 0 Å². The quantitative estimate of drug-likeness (QED) is 0.667. The Balaban J connectivity index is 1.81. The van der Waals surface area contributed by atoms with E-state index in [-0.39, 0.29) is 27.9 Å². The van der Waals surface area contributed by atoms with Crippen LogP contribution in [0.15, 0.2) is 47.4 Å². The van der Waals surface area contributed by atoms with Crippen LogP contribution in [0, 0.1) is 0 Å². The van der Waals surface area contributed by atoms with E-state index in [2.05, 4.69) is 10.0 Å². The lowest BCUT2D eigenvalue weighted by atomic mass is 9.96. The second kappa shape index (κ2) is 9.27. The number of amides is 1. The van der Waals surface area contributed by atoms with E-state index in [1.807, 2.05) is 0 Å². The van der Waals surface area contributed by atoms with Crippen LogP contribution in [-0.4, -0.2) is 27.5 Å². The molecule has 0 aromatic heterocycles. The molecular weight excluding hydrogens is 433 g/mol. The summed E-state index contributed by atoms with van der Waals surface area (Å²) in [5, 5.41) is 2.47. The molecule has 0 heterocycles. The third kappa shape index (κ3) is 5.76. The normalized spacial score (nSPS) is 15.5. The second-order valence-electron chi connectivity index (χ2n) is 7.35. The van der Waals surface area contributed by atoms with Crippen LogP contribution in [-0.2, 0) is 16.2 Å². The molecule has 0 unspecified atom stereocenters. The Bertz CT molecular complexity index is 1030. The summed E-state index contributed by atoms with van der Waals surface area (Å²) in [7, 11) is -2.60. The molecule has 1 aliphatic rings. The van der Waals surface area contributed by atoms with Gasteiger partial charge in [-0.05, 0) is 55.3 Å². The lowest BCUT2D eigenvalue weighted by Crippen LogP contribution is -2.36. The van der Waals surface area contributed by atoms with E-state index in [0.717, 1.165) is 56.4 Å². The minimum absolute atomic E-state index is 0.0321. The highest BCUT2D eigenvalue weighted by Gasteiger charge is 2.30. The Morgan fingerprint density at radius 1 is 1.03 bits per heavy atom. The van der Waals surface area contributed by atoms with Gasteiger partial charge in [-0.3, -0.25) is 4.79 Å². The van der Waals surface area contributed by atoms with E-state index >= 15 is 0 Å². The number of ether oxygens (including phenoxy) is 1. The van der Waals surface area contributed by atoms with Crippen molar-refractivity contribution in [3.63, 3.8) is 0 Å². The number of carbonyl (C=O) groups excluding carboxylic acids is 1. The summed E-state index contributed by atoms with van der Waals surface area (Å²) in [6.45, 7) is 0. The summed E-state index contributed by atoms with van der Waals surface area (Å²) in [5.41, 5.74) is -0.652. The molecule has 1 aliphatic carbocycles. The van der Waals surface area contributed by atoms with Crippen molar-refractivity contribution in [1.82, 2.24) is 4.72 Å². The molecule has 2 N–H and O–H groups in total. The Morgan fingerprint density at radius 2 is 1.68 bits per heavy atom. The molecule has 168 valence electrons. The SMILES string of the molecule is COc1ccc(C(=O)Nc2ccc(C(F)(F)F)cc2)cc1S(=O)(=O)NC1CCCCC1. The van der Waals surface area contributed by atoms with Gasteiger partial charge in [0.1, 0.15) is 10.6 Å². The fourth-order valence-electron chi connectivity index (χ4n) is 3.48. The zero-order valence-corrected chi connectivity index (χ0v) is 17.6. The number of anilines is 1. The molecule has 2 aromatic carbocycles. The first-order valence-corrected chi connectivity index (χ1v) is 11.3. The number of methoxy groups -OCH3 is 1. The number of hydrogen-bond donors (Lipinski definition) is 2. The topological polar surface area (TPSA) is 84.5 Å². The van der Waals surface area contributed by atoms with Crippen molar-refractivity contribution in [1.29, 1.82) is 0 Å². The molecule has 0 aliphatic heterocycles. The highest BCUT2D eigenvalue weighted by Crippen LogP contribution is 2.30. The molecule has 1 saturated carbocycles. The van der Waals surface area contributed by atoms with Crippen molar-refractivity contribution in [3.05, 3.63) is 53.6 Å². The molecule has 1 amide bonds. The number of carbonyl (C=O) groups is 1. The summed E-state index contributed by atoms with van der Waals surface area (Å²) >= 11 is 0. The lowest BCUT2D eigenvalue weighted by molar-refractivity contribution is -0.137. The largest absolute Gasteiger partial charge is 0.495 e. The van der Waals surface area contributed by atoms with E-state index in [1.54, 1.807) is 0 Å². The molecule has 6 nitrogen and oxygen atoms in total. The average molecular weight is 456 g/mol. The maximum Gasteiger partial charge on any atom is 0.416 e. The Kier molecular flexibility index (Phi) is 6.90. The number of alkyl halides is 3. The number of halogens is 3. The minimum Gasteiger partial charge on any atom is -0.495 e. The van der Waals surface area contributed by atoms with Gasteiger partial charge in [-0.1, -0.05) is 19.3 Å². The maximum absolute atomic E-state index is 12.9. The molecule has 2 aromatic rings. The van der Waals surface area contributed by atoms with Crippen LogP contribution in [0.1, 0.15) is 48.0 Å². The van der Waals surface area contributed by atoms with Crippen molar-refractivity contribution < 1.29 is 31.1 Å². The first-order valence-electron chi connectivity index (χ1n) is 9.79. The van der Waals surface area contributed by atoms with E-state index < -0.39 is 27.7 Å². The summed E-state index contributed by atoms with van der Waals surface area (Å²) < 4.78 is 71.7. The van der Waals surface area contributed by atoms with Crippen molar-refractivity contribution in [3.8, 4) is 5.75 Å². The van der Waals surface area contributed by atoms with Crippen molar-refractivity contribution in [2.24, 2.45) is 0 Å². The molecule has 3 rings (SSSR count). The summed E-state index contributed by atoms with van der Waals surface area (Å²) in [6.07, 6.45) is -0.0284. The molecular formula is C21H23F3N2O4S. The van der Waals surface area contributed by atoms with Crippen LogP contribution in [0.4, 0.5) is 18.9 Å². The number of nitrogens with one attached hydrogen (secondary N) is 2.